The van der Waals surface area contributed by atoms with Crippen molar-refractivity contribution in [3.8, 4) is 0 Å². The fourth-order valence-corrected chi connectivity index (χ4v) is 3.05. The maximum atomic E-state index is 11.4. The summed E-state index contributed by atoms with van der Waals surface area (Å²) < 4.78 is 0. The van der Waals surface area contributed by atoms with E-state index in [0.29, 0.717) is 23.9 Å². The Bertz CT molecular complexity index is 196. The molecule has 0 amide bonds. The lowest BCUT2D eigenvalue weighted by molar-refractivity contribution is -0.128. The molecule has 0 aromatic heterocycles. The molecule has 2 heterocycles. The minimum Gasteiger partial charge on any atom is -0.300 e. The van der Waals surface area contributed by atoms with E-state index >= 15 is 0 Å². The normalized spacial score (nSPS) is 35.5. The zero-order chi connectivity index (χ0) is 9.42. The molecule has 2 aliphatic heterocycles. The summed E-state index contributed by atoms with van der Waals surface area (Å²) in [5.74, 6) is 0.492. The van der Waals surface area contributed by atoms with Crippen molar-refractivity contribution in [1.29, 1.82) is 0 Å². The summed E-state index contributed by atoms with van der Waals surface area (Å²) in [6, 6.07) is 1.75. The maximum Gasteiger partial charge on any atom is 0.136 e. The average molecular weight is 181 g/mol. The summed E-state index contributed by atoms with van der Waals surface area (Å²) in [5, 5.41) is 0. The first-order valence-corrected chi connectivity index (χ1v) is 5.47. The van der Waals surface area contributed by atoms with Crippen molar-refractivity contribution >= 4 is 5.78 Å². The van der Waals surface area contributed by atoms with Gasteiger partial charge in [-0.1, -0.05) is 6.42 Å². The van der Waals surface area contributed by atoms with Crippen LogP contribution in [0.15, 0.2) is 0 Å². The number of fused-ring (bicyclic) bond motifs is 2. The van der Waals surface area contributed by atoms with Crippen LogP contribution in [0.2, 0.25) is 0 Å². The molecule has 2 atom stereocenters. The third-order valence-electron chi connectivity index (χ3n) is 3.44. The number of hydrogen-bond donors (Lipinski definition) is 0. The van der Waals surface area contributed by atoms with Crippen molar-refractivity contribution in [2.24, 2.45) is 0 Å². The number of carbonyl (C=O) groups is 1. The predicted molar refractivity (Wildman–Crippen MR) is 52.6 cm³/mol. The fourth-order valence-electron chi connectivity index (χ4n) is 3.05. The van der Waals surface area contributed by atoms with Crippen LogP contribution < -0.4 is 0 Å². The number of nitrogens with zero attached hydrogens (tertiary/aromatic N) is 1. The molecule has 2 heteroatoms. The smallest absolute Gasteiger partial charge is 0.136 e. The first-order chi connectivity index (χ1) is 6.18. The predicted octanol–water partition coefficient (Wildman–Crippen LogP) is 1.98. The molecule has 2 nitrogen and oxygen atoms in total. The second-order valence-corrected chi connectivity index (χ2v) is 4.73. The number of rotatable bonds is 1. The van der Waals surface area contributed by atoms with Gasteiger partial charge in [-0.3, -0.25) is 9.69 Å². The van der Waals surface area contributed by atoms with E-state index in [1.807, 2.05) is 0 Å². The third kappa shape index (κ3) is 1.64. The summed E-state index contributed by atoms with van der Waals surface area (Å²) in [5.41, 5.74) is 0. The van der Waals surface area contributed by atoms with Gasteiger partial charge < -0.3 is 0 Å². The van der Waals surface area contributed by atoms with Crippen molar-refractivity contribution in [2.45, 2.75) is 64.1 Å². The van der Waals surface area contributed by atoms with Crippen LogP contribution in [0, 0.1) is 0 Å². The molecule has 2 saturated heterocycles. The molecule has 2 rings (SSSR count). The number of carbonyl (C=O) groups excluding carboxylic acids is 1. The molecule has 2 bridgehead atoms. The first kappa shape index (κ1) is 9.20. The van der Waals surface area contributed by atoms with E-state index < -0.39 is 0 Å². The molecule has 2 aliphatic rings. The molecule has 74 valence electrons. The van der Waals surface area contributed by atoms with Gasteiger partial charge in [0.15, 0.2) is 0 Å². The van der Waals surface area contributed by atoms with Crippen LogP contribution in [0.5, 0.6) is 0 Å². The van der Waals surface area contributed by atoms with E-state index in [-0.39, 0.29) is 0 Å². The fraction of sp³-hybridized carbons (Fsp3) is 0.909. The van der Waals surface area contributed by atoms with Gasteiger partial charge in [-0.2, -0.15) is 0 Å². The Morgan fingerprint density at radius 1 is 1.23 bits per heavy atom. The largest absolute Gasteiger partial charge is 0.300 e. The van der Waals surface area contributed by atoms with Crippen LogP contribution in [-0.2, 0) is 4.79 Å². The highest BCUT2D eigenvalue weighted by molar-refractivity contribution is 5.80. The van der Waals surface area contributed by atoms with Gasteiger partial charge in [-0.25, -0.2) is 0 Å². The van der Waals surface area contributed by atoms with Crippen molar-refractivity contribution in [1.82, 2.24) is 4.90 Å². The number of piperidine rings is 2. The summed E-state index contributed by atoms with van der Waals surface area (Å²) >= 11 is 0. The topological polar surface area (TPSA) is 20.3 Å². The van der Waals surface area contributed by atoms with Gasteiger partial charge in [0, 0.05) is 31.0 Å². The van der Waals surface area contributed by atoms with Crippen LogP contribution in [0.1, 0.15) is 46.0 Å². The molecule has 0 radical (unpaired) electrons. The van der Waals surface area contributed by atoms with E-state index in [1.54, 1.807) is 0 Å². The zero-order valence-corrected chi connectivity index (χ0v) is 8.62. The van der Waals surface area contributed by atoms with Gasteiger partial charge >= 0.3 is 0 Å². The molecule has 0 aromatic rings. The van der Waals surface area contributed by atoms with Gasteiger partial charge in [-0.15, -0.1) is 0 Å². The van der Waals surface area contributed by atoms with Crippen molar-refractivity contribution in [3.63, 3.8) is 0 Å². The highest BCUT2D eigenvalue weighted by Crippen LogP contribution is 2.33. The van der Waals surface area contributed by atoms with E-state index in [4.69, 9.17) is 0 Å². The minimum absolute atomic E-state index is 0.492. The Morgan fingerprint density at radius 3 is 2.23 bits per heavy atom. The van der Waals surface area contributed by atoms with Crippen molar-refractivity contribution in [2.75, 3.05) is 0 Å². The maximum absolute atomic E-state index is 11.4. The Kier molecular flexibility index (Phi) is 2.41. The van der Waals surface area contributed by atoms with Gasteiger partial charge in [0.05, 0.1) is 0 Å². The molecular weight excluding hydrogens is 162 g/mol. The van der Waals surface area contributed by atoms with Crippen LogP contribution in [0.3, 0.4) is 0 Å². The minimum atomic E-state index is 0.492. The highest BCUT2D eigenvalue weighted by atomic mass is 16.1. The zero-order valence-electron chi connectivity index (χ0n) is 8.62. The monoisotopic (exact) mass is 181 g/mol. The van der Waals surface area contributed by atoms with Crippen molar-refractivity contribution < 1.29 is 4.79 Å². The summed E-state index contributed by atoms with van der Waals surface area (Å²) in [6.07, 6.45) is 5.43. The lowest BCUT2D eigenvalue weighted by atomic mass is 9.83. The van der Waals surface area contributed by atoms with Gasteiger partial charge in [-0.05, 0) is 26.7 Å². The quantitative estimate of drug-likeness (QED) is 0.616. The van der Waals surface area contributed by atoms with Crippen LogP contribution in [0.4, 0.5) is 0 Å². The van der Waals surface area contributed by atoms with E-state index in [1.165, 1.54) is 19.3 Å². The molecule has 0 spiro atoms. The molecule has 0 saturated carbocycles. The average Bonchev–Trinajstić information content (AvgIpc) is 2.01. The van der Waals surface area contributed by atoms with Crippen LogP contribution in [0.25, 0.3) is 0 Å². The summed E-state index contributed by atoms with van der Waals surface area (Å²) in [4.78, 5) is 14.0. The second-order valence-electron chi connectivity index (χ2n) is 4.73. The molecule has 0 aliphatic carbocycles. The molecule has 2 fully saturated rings. The van der Waals surface area contributed by atoms with E-state index in [9.17, 15) is 4.79 Å². The molecule has 0 N–H and O–H groups in total. The van der Waals surface area contributed by atoms with Gasteiger partial charge in [0.25, 0.3) is 0 Å². The lowest BCUT2D eigenvalue weighted by Crippen LogP contribution is -2.55. The summed E-state index contributed by atoms with van der Waals surface area (Å²) in [7, 11) is 0. The number of Topliss-reactive ketones (excluding diaryl/α,β-unsaturated/α-hetero) is 1. The Balaban J connectivity index is 2.14. The molecule has 1 unspecified atom stereocenters. The highest BCUT2D eigenvalue weighted by Gasteiger charge is 2.38. The Morgan fingerprint density at radius 2 is 1.77 bits per heavy atom. The van der Waals surface area contributed by atoms with Crippen LogP contribution >= 0.6 is 0 Å². The van der Waals surface area contributed by atoms with Crippen LogP contribution in [-0.4, -0.2) is 28.8 Å². The van der Waals surface area contributed by atoms with Crippen molar-refractivity contribution in [3.05, 3.63) is 0 Å². The van der Waals surface area contributed by atoms with E-state index in [2.05, 4.69) is 18.7 Å². The molecular formula is C11H19NO. The summed E-state index contributed by atoms with van der Waals surface area (Å²) in [6.45, 7) is 4.50. The van der Waals surface area contributed by atoms with E-state index in [0.717, 1.165) is 12.8 Å². The molecule has 0 aromatic carbocycles. The number of hydrogen-bond acceptors (Lipinski definition) is 2. The SMILES string of the molecule is CC(C)N1C2CCC[C@@H]1CC(=O)C2. The Labute approximate surface area is 80.3 Å². The number of ketones is 1. The first-order valence-electron chi connectivity index (χ1n) is 5.47. The second kappa shape index (κ2) is 3.41. The lowest BCUT2D eigenvalue weighted by Gasteiger charge is -2.47. The Hall–Kier alpha value is -0.370. The van der Waals surface area contributed by atoms with Gasteiger partial charge in [0.2, 0.25) is 0 Å². The molecule has 13 heavy (non-hydrogen) atoms. The standard InChI is InChI=1S/C11H19NO/c1-8(2)12-9-4-3-5-10(12)7-11(13)6-9/h8-10H,3-7H2,1-2H3/t9-,10?/m1/s1. The van der Waals surface area contributed by atoms with Gasteiger partial charge in [0.1, 0.15) is 5.78 Å². The third-order valence-corrected chi connectivity index (χ3v) is 3.44.